The van der Waals surface area contributed by atoms with Gasteiger partial charge in [0, 0.05) is 44.0 Å². The summed E-state index contributed by atoms with van der Waals surface area (Å²) in [6.45, 7) is 4.28. The van der Waals surface area contributed by atoms with Crippen molar-refractivity contribution in [2.75, 3.05) is 44.7 Å². The number of morpholine rings is 1. The molecule has 1 aliphatic heterocycles. The highest BCUT2D eigenvalue weighted by molar-refractivity contribution is 7.80. The van der Waals surface area contributed by atoms with E-state index in [1.807, 2.05) is 0 Å². The lowest BCUT2D eigenvalue weighted by molar-refractivity contribution is -0.137. The Bertz CT molecular complexity index is 856. The van der Waals surface area contributed by atoms with E-state index in [4.69, 9.17) is 17.0 Å². The second-order valence-electron chi connectivity index (χ2n) is 6.98. The highest BCUT2D eigenvalue weighted by Crippen LogP contribution is 2.30. The summed E-state index contributed by atoms with van der Waals surface area (Å²) in [6, 6.07) is 11.2. The van der Waals surface area contributed by atoms with Crippen molar-refractivity contribution in [2.45, 2.75) is 12.7 Å². The van der Waals surface area contributed by atoms with Crippen LogP contribution >= 0.6 is 12.2 Å². The Morgan fingerprint density at radius 1 is 1.10 bits per heavy atom. The van der Waals surface area contributed by atoms with Crippen LogP contribution in [0.1, 0.15) is 11.1 Å². The van der Waals surface area contributed by atoms with Crippen molar-refractivity contribution in [3.63, 3.8) is 0 Å². The topological polar surface area (TPSA) is 27.7 Å². The number of thiocarbonyl (C=S) groups is 1. The van der Waals surface area contributed by atoms with Crippen molar-refractivity contribution in [3.05, 3.63) is 65.5 Å². The second-order valence-corrected chi connectivity index (χ2v) is 7.36. The predicted molar refractivity (Wildman–Crippen MR) is 112 cm³/mol. The number of nitrogens with one attached hydrogen (secondary N) is 1. The van der Waals surface area contributed by atoms with E-state index in [2.05, 4.69) is 10.2 Å². The molecule has 0 spiro atoms. The monoisotopic (exact) mass is 441 g/mol. The van der Waals surface area contributed by atoms with E-state index in [1.165, 1.54) is 18.2 Å². The molecule has 9 heteroatoms. The standard InChI is InChI=1S/C21H23F4N3OS/c22-19-7-2-1-4-16(19)15-28(9-8-27-10-12-29-13-11-27)20(30)26-18-6-3-5-17(14-18)21(23,24)25/h1-7,14H,8-13,15H2,(H,26,30). The van der Waals surface area contributed by atoms with E-state index in [0.717, 1.165) is 25.2 Å². The van der Waals surface area contributed by atoms with Crippen LogP contribution in [-0.4, -0.2) is 54.3 Å². The van der Waals surface area contributed by atoms with Crippen LogP contribution < -0.4 is 5.32 Å². The van der Waals surface area contributed by atoms with Gasteiger partial charge in [-0.2, -0.15) is 13.2 Å². The van der Waals surface area contributed by atoms with E-state index in [9.17, 15) is 17.6 Å². The average molecular weight is 441 g/mol. The van der Waals surface area contributed by atoms with Crippen molar-refractivity contribution in [1.82, 2.24) is 9.80 Å². The third kappa shape index (κ3) is 6.38. The van der Waals surface area contributed by atoms with Gasteiger partial charge in [-0.25, -0.2) is 4.39 Å². The molecule has 0 bridgehead atoms. The van der Waals surface area contributed by atoms with Crippen LogP contribution in [0.25, 0.3) is 0 Å². The molecule has 0 unspecified atom stereocenters. The van der Waals surface area contributed by atoms with Gasteiger partial charge < -0.3 is 15.0 Å². The molecule has 1 N–H and O–H groups in total. The van der Waals surface area contributed by atoms with Gasteiger partial charge >= 0.3 is 6.18 Å². The Hall–Kier alpha value is -2.23. The van der Waals surface area contributed by atoms with Crippen LogP contribution in [0.5, 0.6) is 0 Å². The maximum atomic E-state index is 14.2. The molecule has 30 heavy (non-hydrogen) atoms. The Labute approximate surface area is 178 Å². The maximum absolute atomic E-state index is 14.2. The number of hydrogen-bond acceptors (Lipinski definition) is 3. The Balaban J connectivity index is 1.72. The van der Waals surface area contributed by atoms with Crippen LogP contribution in [-0.2, 0) is 17.5 Å². The number of alkyl halides is 3. The van der Waals surface area contributed by atoms with Gasteiger partial charge in [-0.05, 0) is 36.5 Å². The van der Waals surface area contributed by atoms with Crippen LogP contribution in [0.2, 0.25) is 0 Å². The van der Waals surface area contributed by atoms with Crippen LogP contribution in [0, 0.1) is 5.82 Å². The Morgan fingerprint density at radius 2 is 1.83 bits per heavy atom. The number of benzene rings is 2. The lowest BCUT2D eigenvalue weighted by Crippen LogP contribution is -2.44. The second kappa shape index (κ2) is 10.2. The first kappa shape index (κ1) is 22.5. The molecular weight excluding hydrogens is 418 g/mol. The molecule has 2 aromatic rings. The van der Waals surface area contributed by atoms with Gasteiger partial charge in [0.25, 0.3) is 0 Å². The number of ether oxygens (including phenoxy) is 1. The smallest absolute Gasteiger partial charge is 0.379 e. The molecular formula is C21H23F4N3OS. The molecule has 2 aromatic carbocycles. The summed E-state index contributed by atoms with van der Waals surface area (Å²) in [5.41, 5.74) is -0.0586. The van der Waals surface area contributed by atoms with Gasteiger partial charge in [-0.1, -0.05) is 24.3 Å². The molecule has 1 aliphatic rings. The summed E-state index contributed by atoms with van der Waals surface area (Å²) in [5.74, 6) is -0.351. The molecule has 1 fully saturated rings. The Morgan fingerprint density at radius 3 is 2.53 bits per heavy atom. The first-order valence-electron chi connectivity index (χ1n) is 9.59. The summed E-state index contributed by atoms with van der Waals surface area (Å²) in [5, 5.41) is 3.12. The van der Waals surface area contributed by atoms with E-state index in [0.29, 0.717) is 31.9 Å². The molecule has 0 aliphatic carbocycles. The molecule has 0 atom stereocenters. The molecule has 0 aromatic heterocycles. The third-order valence-electron chi connectivity index (χ3n) is 4.84. The van der Waals surface area contributed by atoms with Crippen molar-refractivity contribution < 1.29 is 22.3 Å². The highest BCUT2D eigenvalue weighted by atomic mass is 32.1. The SMILES string of the molecule is Fc1ccccc1CN(CCN1CCOCC1)C(=S)Nc1cccc(C(F)(F)F)c1. The van der Waals surface area contributed by atoms with E-state index in [1.54, 1.807) is 23.1 Å². The number of rotatable bonds is 6. The molecule has 0 saturated carbocycles. The zero-order valence-corrected chi connectivity index (χ0v) is 17.1. The molecule has 0 amide bonds. The van der Waals surface area contributed by atoms with Crippen molar-refractivity contribution in [3.8, 4) is 0 Å². The van der Waals surface area contributed by atoms with Gasteiger partial charge in [0.05, 0.1) is 18.8 Å². The minimum atomic E-state index is -4.44. The highest BCUT2D eigenvalue weighted by Gasteiger charge is 2.30. The zero-order valence-electron chi connectivity index (χ0n) is 16.3. The fourth-order valence-corrected chi connectivity index (χ4v) is 3.42. The lowest BCUT2D eigenvalue weighted by atomic mass is 10.2. The fraction of sp³-hybridized carbons (Fsp3) is 0.381. The van der Waals surface area contributed by atoms with Crippen LogP contribution in [0.15, 0.2) is 48.5 Å². The molecule has 1 heterocycles. The summed E-state index contributed by atoms with van der Waals surface area (Å²) in [7, 11) is 0. The maximum Gasteiger partial charge on any atom is 0.416 e. The average Bonchev–Trinajstić information content (AvgIpc) is 2.72. The van der Waals surface area contributed by atoms with E-state index in [-0.39, 0.29) is 23.2 Å². The minimum Gasteiger partial charge on any atom is -0.379 e. The quantitative estimate of drug-likeness (QED) is 0.531. The number of anilines is 1. The zero-order chi connectivity index (χ0) is 21.6. The number of hydrogen-bond donors (Lipinski definition) is 1. The van der Waals surface area contributed by atoms with Gasteiger partial charge in [0.2, 0.25) is 0 Å². The van der Waals surface area contributed by atoms with Gasteiger partial charge in [0.1, 0.15) is 5.82 Å². The fourth-order valence-electron chi connectivity index (χ4n) is 3.15. The van der Waals surface area contributed by atoms with E-state index >= 15 is 0 Å². The summed E-state index contributed by atoms with van der Waals surface area (Å²) >= 11 is 5.47. The predicted octanol–water partition coefficient (Wildman–Crippen LogP) is 4.38. The minimum absolute atomic E-state index is 0.210. The summed E-state index contributed by atoms with van der Waals surface area (Å²) in [4.78, 5) is 3.98. The summed E-state index contributed by atoms with van der Waals surface area (Å²) in [6.07, 6.45) is -4.44. The first-order valence-corrected chi connectivity index (χ1v) is 10.0. The third-order valence-corrected chi connectivity index (χ3v) is 5.20. The van der Waals surface area contributed by atoms with Crippen molar-refractivity contribution >= 4 is 23.0 Å². The van der Waals surface area contributed by atoms with Gasteiger partial charge in [0.15, 0.2) is 5.11 Å². The molecule has 3 rings (SSSR count). The molecule has 1 saturated heterocycles. The first-order chi connectivity index (χ1) is 14.3. The largest absolute Gasteiger partial charge is 0.416 e. The Kier molecular flexibility index (Phi) is 7.63. The van der Waals surface area contributed by atoms with Gasteiger partial charge in [-0.15, -0.1) is 0 Å². The van der Waals surface area contributed by atoms with Crippen molar-refractivity contribution in [1.29, 1.82) is 0 Å². The summed E-state index contributed by atoms with van der Waals surface area (Å²) < 4.78 is 58.5. The molecule has 4 nitrogen and oxygen atoms in total. The van der Waals surface area contributed by atoms with Crippen LogP contribution in [0.3, 0.4) is 0 Å². The normalized spacial score (nSPS) is 15.1. The lowest BCUT2D eigenvalue weighted by Gasteiger charge is -2.31. The van der Waals surface area contributed by atoms with E-state index < -0.39 is 11.7 Å². The van der Waals surface area contributed by atoms with Crippen molar-refractivity contribution in [2.24, 2.45) is 0 Å². The number of nitrogens with zero attached hydrogens (tertiary/aromatic N) is 2. The molecule has 0 radical (unpaired) electrons. The number of halogens is 4. The van der Waals surface area contributed by atoms with Crippen LogP contribution in [0.4, 0.5) is 23.2 Å². The molecule has 162 valence electrons. The van der Waals surface area contributed by atoms with Gasteiger partial charge in [-0.3, -0.25) is 4.90 Å².